The number of hydrogen-bond donors (Lipinski definition) is 1. The van der Waals surface area contributed by atoms with E-state index in [0.717, 1.165) is 69.9 Å². The number of aromatic nitrogens is 3. The number of nitrogens with zero attached hydrogens (tertiary/aromatic N) is 6. The molecule has 1 atom stereocenters. The maximum atomic E-state index is 11.3. The molecule has 3 saturated heterocycles. The van der Waals surface area contributed by atoms with E-state index in [0.29, 0.717) is 45.9 Å². The minimum atomic E-state index is -0.737. The van der Waals surface area contributed by atoms with Crippen LogP contribution in [0.4, 0.5) is 5.95 Å². The van der Waals surface area contributed by atoms with Crippen LogP contribution in [0.3, 0.4) is 0 Å². The fourth-order valence-corrected chi connectivity index (χ4v) is 6.96. The lowest BCUT2D eigenvalue weighted by molar-refractivity contribution is -0.139. The van der Waals surface area contributed by atoms with E-state index in [2.05, 4.69) is 38.5 Å². The predicted molar refractivity (Wildman–Crippen MR) is 170 cm³/mol. The van der Waals surface area contributed by atoms with Crippen LogP contribution in [-0.2, 0) is 16.1 Å². The molecule has 0 saturated carbocycles. The van der Waals surface area contributed by atoms with E-state index in [4.69, 9.17) is 37.7 Å². The highest BCUT2D eigenvalue weighted by molar-refractivity contribution is 6.35. The number of benzene rings is 1. The van der Waals surface area contributed by atoms with Crippen molar-refractivity contribution in [3.63, 3.8) is 0 Å². The first kappa shape index (κ1) is 31.0. The van der Waals surface area contributed by atoms with Crippen molar-refractivity contribution in [3.05, 3.63) is 58.3 Å². The number of carbonyl (C=O) groups is 1. The number of ether oxygens (including phenoxy) is 2. The van der Waals surface area contributed by atoms with Gasteiger partial charge in [-0.05, 0) is 69.0 Å². The number of pyridine rings is 1. The van der Waals surface area contributed by atoms with Gasteiger partial charge >= 0.3 is 5.97 Å². The Bertz CT molecular complexity index is 1460. The number of piperazine rings is 1. The summed E-state index contributed by atoms with van der Waals surface area (Å²) < 4.78 is 11.6. The monoisotopic (exact) mass is 640 g/mol. The molecule has 3 aliphatic rings. The molecule has 44 heavy (non-hydrogen) atoms. The first-order valence-corrected chi connectivity index (χ1v) is 15.9. The molecule has 5 heterocycles. The van der Waals surface area contributed by atoms with E-state index in [1.165, 1.54) is 0 Å². The molecule has 10 nitrogen and oxygen atoms in total. The van der Waals surface area contributed by atoms with Gasteiger partial charge in [-0.15, -0.1) is 0 Å². The Kier molecular flexibility index (Phi) is 9.26. The van der Waals surface area contributed by atoms with Gasteiger partial charge in [0.05, 0.1) is 37.3 Å². The smallest absolute Gasteiger partial charge is 0.303 e. The average Bonchev–Trinajstić information content (AvgIpc) is 2.93. The van der Waals surface area contributed by atoms with E-state index in [9.17, 15) is 9.90 Å². The lowest BCUT2D eigenvalue weighted by Crippen LogP contribution is -2.56. The van der Waals surface area contributed by atoms with Gasteiger partial charge in [0.2, 0.25) is 11.8 Å². The summed E-state index contributed by atoms with van der Waals surface area (Å²) in [4.78, 5) is 32.4. The molecule has 3 fully saturated rings. The topological polar surface area (TPSA) is 104 Å². The fraction of sp³-hybridized carbons (Fsp3) is 0.500. The first-order valence-electron chi connectivity index (χ1n) is 15.1. The third-order valence-corrected chi connectivity index (χ3v) is 9.32. The summed E-state index contributed by atoms with van der Waals surface area (Å²) in [7, 11) is 0. The summed E-state index contributed by atoms with van der Waals surface area (Å²) in [5.41, 5.74) is 2.32. The summed E-state index contributed by atoms with van der Waals surface area (Å²) in [6, 6.07) is 9.87. The Morgan fingerprint density at radius 3 is 2.34 bits per heavy atom. The van der Waals surface area contributed by atoms with Crippen molar-refractivity contribution in [2.45, 2.75) is 51.2 Å². The SMILES string of the molecule is CC1(C)CC(CC(=O)O)CCN1Cc1cc(Oc2cnc(N3CCN(C4COC4)CC3)nc2)nc(-c2cc(Cl)cc(Cl)c2)c1. The fourth-order valence-electron chi connectivity index (χ4n) is 6.43. The van der Waals surface area contributed by atoms with Crippen molar-refractivity contribution in [1.82, 2.24) is 24.8 Å². The summed E-state index contributed by atoms with van der Waals surface area (Å²) >= 11 is 12.7. The van der Waals surface area contributed by atoms with Gasteiger partial charge in [-0.2, -0.15) is 0 Å². The minimum absolute atomic E-state index is 0.164. The third-order valence-electron chi connectivity index (χ3n) is 8.88. The van der Waals surface area contributed by atoms with Crippen LogP contribution >= 0.6 is 23.2 Å². The average molecular weight is 642 g/mol. The zero-order valence-corrected chi connectivity index (χ0v) is 26.6. The van der Waals surface area contributed by atoms with E-state index in [1.807, 2.05) is 24.3 Å². The van der Waals surface area contributed by atoms with Gasteiger partial charge < -0.3 is 19.5 Å². The van der Waals surface area contributed by atoms with Crippen molar-refractivity contribution in [1.29, 1.82) is 0 Å². The maximum absolute atomic E-state index is 11.3. The van der Waals surface area contributed by atoms with E-state index in [-0.39, 0.29) is 17.9 Å². The molecule has 1 N–H and O–H groups in total. The van der Waals surface area contributed by atoms with Crippen LogP contribution in [0.5, 0.6) is 11.6 Å². The van der Waals surface area contributed by atoms with E-state index < -0.39 is 5.97 Å². The Balaban J connectivity index is 1.20. The van der Waals surface area contributed by atoms with Crippen molar-refractivity contribution in [2.24, 2.45) is 5.92 Å². The molecular formula is C32H38Cl2N6O4. The molecule has 2 aromatic heterocycles. The van der Waals surface area contributed by atoms with Crippen LogP contribution < -0.4 is 9.64 Å². The van der Waals surface area contributed by atoms with Crippen LogP contribution in [-0.4, -0.2) is 93.3 Å². The van der Waals surface area contributed by atoms with Gasteiger partial charge in [0.25, 0.3) is 0 Å². The number of hydrogen-bond acceptors (Lipinski definition) is 9. The van der Waals surface area contributed by atoms with Crippen LogP contribution in [0.15, 0.2) is 42.7 Å². The van der Waals surface area contributed by atoms with Crippen molar-refractivity contribution < 1.29 is 19.4 Å². The largest absolute Gasteiger partial charge is 0.481 e. The zero-order chi connectivity index (χ0) is 30.8. The van der Waals surface area contributed by atoms with Gasteiger partial charge in [0, 0.05) is 66.4 Å². The number of halogens is 2. The van der Waals surface area contributed by atoms with Crippen molar-refractivity contribution in [3.8, 4) is 22.9 Å². The van der Waals surface area contributed by atoms with Gasteiger partial charge in [0.15, 0.2) is 5.75 Å². The molecule has 1 unspecified atom stereocenters. The minimum Gasteiger partial charge on any atom is -0.481 e. The molecule has 0 amide bonds. The number of likely N-dealkylation sites (tertiary alicyclic amines) is 1. The zero-order valence-electron chi connectivity index (χ0n) is 25.1. The lowest BCUT2D eigenvalue weighted by Gasteiger charge is -2.45. The highest BCUT2D eigenvalue weighted by Crippen LogP contribution is 2.36. The van der Waals surface area contributed by atoms with Gasteiger partial charge in [-0.1, -0.05) is 23.2 Å². The van der Waals surface area contributed by atoms with Crippen LogP contribution in [0.25, 0.3) is 11.3 Å². The van der Waals surface area contributed by atoms with Crippen LogP contribution in [0, 0.1) is 5.92 Å². The molecule has 3 aromatic rings. The lowest BCUT2D eigenvalue weighted by atomic mass is 9.81. The standard InChI is InChI=1S/C32H38Cl2N6O4/c1-32(2)15-21(11-30(41)42)3-4-40(32)18-22-9-28(23-12-24(33)14-25(34)13-23)37-29(10-22)44-27-16-35-31(36-17-27)39-7-5-38(6-8-39)26-19-43-20-26/h9-10,12-14,16-17,21,26H,3-8,11,15,18-20H2,1-2H3,(H,41,42). The summed E-state index contributed by atoms with van der Waals surface area (Å²) in [5, 5.41) is 10.4. The maximum Gasteiger partial charge on any atom is 0.303 e. The van der Waals surface area contributed by atoms with Gasteiger partial charge in [0.1, 0.15) is 0 Å². The molecule has 0 aliphatic carbocycles. The highest BCUT2D eigenvalue weighted by Gasteiger charge is 2.35. The molecule has 0 radical (unpaired) electrons. The first-order chi connectivity index (χ1) is 21.1. The Morgan fingerprint density at radius 2 is 1.73 bits per heavy atom. The van der Waals surface area contributed by atoms with Crippen LogP contribution in [0.1, 0.15) is 38.7 Å². The molecular weight excluding hydrogens is 603 g/mol. The normalized spacial score (nSPS) is 21.2. The molecule has 6 rings (SSSR count). The number of anilines is 1. The Hall–Kier alpha value is -3.02. The summed E-state index contributed by atoms with van der Waals surface area (Å²) in [5.74, 6) is 1.03. The number of rotatable bonds is 9. The highest BCUT2D eigenvalue weighted by atomic mass is 35.5. The molecule has 12 heteroatoms. The third kappa shape index (κ3) is 7.43. The van der Waals surface area contributed by atoms with Gasteiger partial charge in [-0.3, -0.25) is 14.6 Å². The molecule has 3 aliphatic heterocycles. The number of carboxylic acids is 1. The predicted octanol–water partition coefficient (Wildman–Crippen LogP) is 5.62. The molecule has 234 valence electrons. The second-order valence-electron chi connectivity index (χ2n) is 12.6. The number of aliphatic carboxylic acids is 1. The Morgan fingerprint density at radius 1 is 1.02 bits per heavy atom. The molecule has 1 aromatic carbocycles. The summed E-state index contributed by atoms with van der Waals surface area (Å²) in [6.45, 7) is 11.1. The molecule has 0 bridgehead atoms. The summed E-state index contributed by atoms with van der Waals surface area (Å²) in [6.07, 6.45) is 5.24. The van der Waals surface area contributed by atoms with Crippen LogP contribution in [0.2, 0.25) is 10.0 Å². The van der Waals surface area contributed by atoms with Crippen molar-refractivity contribution in [2.75, 3.05) is 50.8 Å². The molecule has 0 spiro atoms. The second kappa shape index (κ2) is 13.1. The number of piperidine rings is 1. The van der Waals surface area contributed by atoms with Crippen molar-refractivity contribution >= 4 is 35.1 Å². The van der Waals surface area contributed by atoms with E-state index >= 15 is 0 Å². The second-order valence-corrected chi connectivity index (χ2v) is 13.5. The Labute approximate surface area is 267 Å². The van der Waals surface area contributed by atoms with Gasteiger partial charge in [-0.25, -0.2) is 15.0 Å². The quantitative estimate of drug-likeness (QED) is 0.317. The number of carboxylic acid groups (broad SMARTS) is 1. The van der Waals surface area contributed by atoms with E-state index in [1.54, 1.807) is 18.5 Å².